The summed E-state index contributed by atoms with van der Waals surface area (Å²) in [4.78, 5) is 12.2. The van der Waals surface area contributed by atoms with Crippen LogP contribution in [0.25, 0.3) is 16.9 Å². The van der Waals surface area contributed by atoms with E-state index in [9.17, 15) is 26.3 Å². The molecular formula is C20H13F6N7O. The van der Waals surface area contributed by atoms with E-state index in [1.165, 1.54) is 23.0 Å². The van der Waals surface area contributed by atoms with Crippen LogP contribution in [0.15, 0.2) is 34.9 Å². The van der Waals surface area contributed by atoms with Crippen LogP contribution in [0.2, 0.25) is 0 Å². The van der Waals surface area contributed by atoms with Crippen LogP contribution in [0, 0.1) is 18.3 Å². The van der Waals surface area contributed by atoms with Gasteiger partial charge in [0.2, 0.25) is 0 Å². The molecule has 176 valence electrons. The van der Waals surface area contributed by atoms with E-state index < -0.39 is 46.6 Å². The van der Waals surface area contributed by atoms with Gasteiger partial charge in [-0.15, -0.1) is 5.10 Å². The first kappa shape index (κ1) is 23.0. The smallest absolute Gasteiger partial charge is 0.420 e. The van der Waals surface area contributed by atoms with Crippen molar-refractivity contribution in [2.75, 3.05) is 5.32 Å². The number of anilines is 1. The molecule has 1 atom stereocenters. The highest BCUT2D eigenvalue weighted by Crippen LogP contribution is 2.41. The van der Waals surface area contributed by atoms with E-state index in [0.29, 0.717) is 23.3 Å². The molecule has 0 unspecified atom stereocenters. The Hall–Kier alpha value is -4.15. The third-order valence-electron chi connectivity index (χ3n) is 4.68. The second-order valence-corrected chi connectivity index (χ2v) is 7.20. The fourth-order valence-electron chi connectivity index (χ4n) is 3.18. The number of rotatable bonds is 4. The predicted octanol–water partition coefficient (Wildman–Crippen LogP) is 5.19. The quantitative estimate of drug-likeness (QED) is 0.400. The monoisotopic (exact) mass is 481 g/mol. The summed E-state index contributed by atoms with van der Waals surface area (Å²) in [5.74, 6) is 0.931. The van der Waals surface area contributed by atoms with E-state index in [0.717, 1.165) is 0 Å². The number of nitriles is 1. The first-order valence-electron chi connectivity index (χ1n) is 9.52. The van der Waals surface area contributed by atoms with Crippen LogP contribution in [-0.4, -0.2) is 24.7 Å². The molecule has 1 aromatic carbocycles. The number of pyridine rings is 1. The number of alkyl halides is 6. The molecule has 0 spiro atoms. The topological polar surface area (TPSA) is 105 Å². The maximum absolute atomic E-state index is 13.4. The average Bonchev–Trinajstić information content (AvgIpc) is 3.34. The van der Waals surface area contributed by atoms with Gasteiger partial charge in [0.05, 0.1) is 17.2 Å². The van der Waals surface area contributed by atoms with Crippen LogP contribution in [0.4, 0.5) is 32.4 Å². The van der Waals surface area contributed by atoms with Crippen LogP contribution in [0.5, 0.6) is 0 Å². The van der Waals surface area contributed by atoms with Gasteiger partial charge in [-0.05, 0) is 38.1 Å². The average molecular weight is 481 g/mol. The minimum atomic E-state index is -5.10. The molecule has 0 aliphatic heterocycles. The van der Waals surface area contributed by atoms with Gasteiger partial charge in [0.15, 0.2) is 17.2 Å². The Morgan fingerprint density at radius 1 is 1.09 bits per heavy atom. The molecule has 3 heterocycles. The summed E-state index contributed by atoms with van der Waals surface area (Å²) in [6.07, 6.45) is -8.78. The molecule has 0 saturated heterocycles. The molecule has 14 heteroatoms. The van der Waals surface area contributed by atoms with Crippen LogP contribution in [0.3, 0.4) is 0 Å². The summed E-state index contributed by atoms with van der Waals surface area (Å²) in [7, 11) is 0. The van der Waals surface area contributed by atoms with Gasteiger partial charge < -0.3 is 9.73 Å². The molecule has 0 bridgehead atoms. The summed E-state index contributed by atoms with van der Waals surface area (Å²) in [5, 5.41) is 15.8. The zero-order chi connectivity index (χ0) is 24.8. The maximum Gasteiger partial charge on any atom is 0.420 e. The highest BCUT2D eigenvalue weighted by Gasteiger charge is 2.40. The van der Waals surface area contributed by atoms with Gasteiger partial charge in [0.25, 0.3) is 6.01 Å². The highest BCUT2D eigenvalue weighted by atomic mass is 19.4. The Kier molecular flexibility index (Phi) is 5.42. The first-order chi connectivity index (χ1) is 15.9. The number of oxazole rings is 1. The van der Waals surface area contributed by atoms with Crippen molar-refractivity contribution in [3.63, 3.8) is 0 Å². The minimum absolute atomic E-state index is 0.0166. The lowest BCUT2D eigenvalue weighted by Crippen LogP contribution is -2.14. The predicted molar refractivity (Wildman–Crippen MR) is 105 cm³/mol. The highest BCUT2D eigenvalue weighted by molar-refractivity contribution is 5.80. The maximum atomic E-state index is 13.4. The summed E-state index contributed by atoms with van der Waals surface area (Å²) in [5.41, 5.74) is -4.21. The Morgan fingerprint density at radius 2 is 1.82 bits per heavy atom. The molecule has 0 saturated carbocycles. The van der Waals surface area contributed by atoms with Crippen molar-refractivity contribution in [2.24, 2.45) is 0 Å². The van der Waals surface area contributed by atoms with Gasteiger partial charge in [-0.25, -0.2) is 9.97 Å². The molecular weight excluding hydrogens is 468 g/mol. The fourth-order valence-corrected chi connectivity index (χ4v) is 3.18. The third-order valence-corrected chi connectivity index (χ3v) is 4.68. The number of fused-ring (bicyclic) bond motifs is 1. The zero-order valence-electron chi connectivity index (χ0n) is 17.3. The first-order valence-corrected chi connectivity index (χ1v) is 9.52. The number of aromatic nitrogens is 5. The second-order valence-electron chi connectivity index (χ2n) is 7.20. The summed E-state index contributed by atoms with van der Waals surface area (Å²) in [6.45, 7) is 3.17. The molecule has 34 heavy (non-hydrogen) atoms. The van der Waals surface area contributed by atoms with Crippen LogP contribution in [0.1, 0.15) is 41.3 Å². The van der Waals surface area contributed by atoms with Gasteiger partial charge in [0.1, 0.15) is 23.0 Å². The van der Waals surface area contributed by atoms with E-state index in [4.69, 9.17) is 9.68 Å². The van der Waals surface area contributed by atoms with Gasteiger partial charge in [0, 0.05) is 6.20 Å². The summed E-state index contributed by atoms with van der Waals surface area (Å²) >= 11 is 0. The largest absolute Gasteiger partial charge is 0.423 e. The van der Waals surface area contributed by atoms with Gasteiger partial charge in [-0.1, -0.05) is 0 Å². The van der Waals surface area contributed by atoms with Crippen LogP contribution >= 0.6 is 0 Å². The second kappa shape index (κ2) is 8.01. The SMILES string of the molecule is Cc1nc([C@H](C)Nc2nc3cc(C(F)(F)F)cc(C(F)(F)F)c3o2)n(-c2ccc(C#N)cn2)n1. The van der Waals surface area contributed by atoms with E-state index in [2.05, 4.69) is 25.4 Å². The number of benzene rings is 1. The van der Waals surface area contributed by atoms with E-state index >= 15 is 0 Å². The normalized spacial score (nSPS) is 13.1. The van der Waals surface area contributed by atoms with E-state index in [1.54, 1.807) is 13.8 Å². The van der Waals surface area contributed by atoms with Gasteiger partial charge in [-0.3, -0.25) is 0 Å². The molecule has 1 N–H and O–H groups in total. The molecule has 8 nitrogen and oxygen atoms in total. The summed E-state index contributed by atoms with van der Waals surface area (Å²) in [6, 6.07) is 4.24. The number of nitrogens with zero attached hydrogens (tertiary/aromatic N) is 6. The number of aryl methyl sites for hydroxylation is 1. The van der Waals surface area contributed by atoms with Crippen LogP contribution < -0.4 is 5.32 Å². The lowest BCUT2D eigenvalue weighted by molar-refractivity contribution is -0.142. The van der Waals surface area contributed by atoms with Crippen molar-refractivity contribution in [3.05, 3.63) is 58.8 Å². The van der Waals surface area contributed by atoms with Crippen molar-refractivity contribution in [3.8, 4) is 11.9 Å². The molecule has 4 rings (SSSR count). The van der Waals surface area contributed by atoms with Crippen molar-refractivity contribution < 1.29 is 30.8 Å². The van der Waals surface area contributed by atoms with E-state index in [-0.39, 0.29) is 11.9 Å². The molecule has 0 amide bonds. The van der Waals surface area contributed by atoms with E-state index in [1.807, 2.05) is 6.07 Å². The molecule has 4 aromatic rings. The molecule has 0 radical (unpaired) electrons. The zero-order valence-corrected chi connectivity index (χ0v) is 17.3. The molecule has 0 aliphatic rings. The van der Waals surface area contributed by atoms with Crippen molar-refractivity contribution >= 4 is 17.1 Å². The number of nitrogens with one attached hydrogen (secondary N) is 1. The van der Waals surface area contributed by atoms with Gasteiger partial charge >= 0.3 is 12.4 Å². The van der Waals surface area contributed by atoms with Crippen LogP contribution in [-0.2, 0) is 12.4 Å². The Bertz CT molecular complexity index is 1400. The lowest BCUT2D eigenvalue weighted by Gasteiger charge is -2.12. The Balaban J connectivity index is 1.72. The molecule has 0 fully saturated rings. The van der Waals surface area contributed by atoms with Crippen molar-refractivity contribution in [2.45, 2.75) is 32.2 Å². The third kappa shape index (κ3) is 4.36. The minimum Gasteiger partial charge on any atom is -0.423 e. The Morgan fingerprint density at radius 3 is 2.41 bits per heavy atom. The number of halogens is 6. The standard InChI is InChI=1S/C20H13F6N7O/c1-9(17-30-10(2)32-33(17)15-4-3-11(7-27)8-28-15)29-18-31-14-6-12(19(21,22)23)5-13(16(14)34-18)20(24,25)26/h3-6,8-9H,1-2H3,(H,29,31)/t9-/m0/s1. The Labute approximate surface area is 186 Å². The molecule has 0 aliphatic carbocycles. The fraction of sp³-hybridized carbons (Fsp3) is 0.250. The van der Waals surface area contributed by atoms with Gasteiger partial charge in [-0.2, -0.15) is 41.3 Å². The number of hydrogen-bond donors (Lipinski definition) is 1. The lowest BCUT2D eigenvalue weighted by atomic mass is 10.1. The molecule has 3 aromatic heterocycles. The number of hydrogen-bond acceptors (Lipinski definition) is 7. The van der Waals surface area contributed by atoms with Crippen molar-refractivity contribution in [1.82, 2.24) is 24.7 Å². The van der Waals surface area contributed by atoms with Crippen molar-refractivity contribution in [1.29, 1.82) is 5.26 Å². The summed E-state index contributed by atoms with van der Waals surface area (Å²) < 4.78 is 86.0.